The predicted octanol–water partition coefficient (Wildman–Crippen LogP) is 3.58. The monoisotopic (exact) mass is 351 g/mol. The Bertz CT molecular complexity index is 811. The van der Waals surface area contributed by atoms with Crippen LogP contribution in [0.25, 0.3) is 11.0 Å². The van der Waals surface area contributed by atoms with Gasteiger partial charge in [0.2, 0.25) is 0 Å². The fourth-order valence-electron chi connectivity index (χ4n) is 3.63. The number of ether oxygens (including phenoxy) is 1. The van der Waals surface area contributed by atoms with E-state index in [9.17, 15) is 0 Å². The number of H-pyrrole nitrogens is 1. The maximum atomic E-state index is 5.92. The van der Waals surface area contributed by atoms with Crippen LogP contribution in [-0.2, 0) is 11.2 Å². The van der Waals surface area contributed by atoms with E-state index in [1.54, 1.807) is 12.5 Å². The summed E-state index contributed by atoms with van der Waals surface area (Å²) in [6.07, 6.45) is 9.04. The summed E-state index contributed by atoms with van der Waals surface area (Å²) in [5, 5.41) is 11.5. The highest BCUT2D eigenvalue weighted by atomic mass is 16.5. The normalized spacial score (nSPS) is 20.3. The number of anilines is 1. The van der Waals surface area contributed by atoms with Crippen molar-refractivity contribution in [3.05, 3.63) is 48.4 Å². The van der Waals surface area contributed by atoms with E-state index in [1.165, 1.54) is 18.4 Å². The van der Waals surface area contributed by atoms with E-state index in [-0.39, 0.29) is 0 Å². The Balaban J connectivity index is 1.19. The van der Waals surface area contributed by atoms with E-state index in [1.807, 2.05) is 0 Å². The van der Waals surface area contributed by atoms with Crippen molar-refractivity contribution in [2.45, 2.75) is 38.1 Å². The van der Waals surface area contributed by atoms with Gasteiger partial charge in [-0.2, -0.15) is 5.10 Å². The Morgan fingerprint density at radius 2 is 1.92 bits per heavy atom. The number of fused-ring (bicyclic) bond motifs is 1. The predicted molar refractivity (Wildman–Crippen MR) is 102 cm³/mol. The lowest BCUT2D eigenvalue weighted by atomic mass is 9.86. The number of aromatic nitrogens is 4. The van der Waals surface area contributed by atoms with Crippen LogP contribution in [0.5, 0.6) is 0 Å². The second-order valence-electron chi connectivity index (χ2n) is 7.03. The zero-order valence-corrected chi connectivity index (χ0v) is 14.9. The van der Waals surface area contributed by atoms with Crippen LogP contribution in [0.4, 0.5) is 5.82 Å². The highest BCUT2D eigenvalue weighted by Gasteiger charge is 2.22. The van der Waals surface area contributed by atoms with E-state index in [0.29, 0.717) is 12.0 Å². The summed E-state index contributed by atoms with van der Waals surface area (Å²) in [7, 11) is 0. The van der Waals surface area contributed by atoms with Gasteiger partial charge < -0.3 is 10.1 Å². The number of nitrogens with one attached hydrogen (secondary N) is 2. The molecule has 6 nitrogen and oxygen atoms in total. The topological polar surface area (TPSA) is 75.7 Å². The van der Waals surface area contributed by atoms with Crippen molar-refractivity contribution in [1.82, 2.24) is 20.2 Å². The first kappa shape index (κ1) is 17.0. The van der Waals surface area contributed by atoms with Crippen LogP contribution >= 0.6 is 0 Å². The smallest absolute Gasteiger partial charge is 0.160 e. The molecule has 0 spiro atoms. The summed E-state index contributed by atoms with van der Waals surface area (Å²) in [5.41, 5.74) is 2.12. The molecule has 0 unspecified atom stereocenters. The first-order chi connectivity index (χ1) is 12.9. The summed E-state index contributed by atoms with van der Waals surface area (Å²) in [6.45, 7) is 1.68. The van der Waals surface area contributed by atoms with Gasteiger partial charge in [0.15, 0.2) is 5.65 Å². The first-order valence-corrected chi connectivity index (χ1v) is 9.41. The van der Waals surface area contributed by atoms with Crippen molar-refractivity contribution < 1.29 is 4.74 Å². The molecular weight excluding hydrogens is 326 g/mol. The van der Waals surface area contributed by atoms with Gasteiger partial charge in [-0.3, -0.25) is 5.10 Å². The second-order valence-corrected chi connectivity index (χ2v) is 7.03. The number of hydrogen-bond donors (Lipinski definition) is 2. The number of rotatable bonds is 7. The molecule has 1 aromatic carbocycles. The standard InChI is InChI=1S/C20H25N5O/c1-2-4-15(5-3-1)10-11-26-13-16-6-8-17(9-7-16)24-19-18-12-23-25-20(18)22-14-21-19/h1-5,12,14,16-17H,6-11,13H2,(H2,21,22,23,24,25). The molecular formula is C20H25N5O. The molecule has 1 aliphatic carbocycles. The maximum absolute atomic E-state index is 5.92. The van der Waals surface area contributed by atoms with Gasteiger partial charge in [0.05, 0.1) is 18.2 Å². The van der Waals surface area contributed by atoms with Crippen molar-refractivity contribution in [3.63, 3.8) is 0 Å². The van der Waals surface area contributed by atoms with Crippen molar-refractivity contribution in [3.8, 4) is 0 Å². The largest absolute Gasteiger partial charge is 0.381 e. The summed E-state index contributed by atoms with van der Waals surface area (Å²) >= 11 is 0. The SMILES string of the molecule is c1ccc(CCOCC2CCC(Nc3ncnc4[nH]ncc34)CC2)cc1. The van der Waals surface area contributed by atoms with E-state index in [4.69, 9.17) is 4.74 Å². The summed E-state index contributed by atoms with van der Waals surface area (Å²) in [6, 6.07) is 11.0. The Morgan fingerprint density at radius 3 is 2.77 bits per heavy atom. The Labute approximate surface area is 153 Å². The van der Waals surface area contributed by atoms with Gasteiger partial charge in [-0.05, 0) is 43.6 Å². The second kappa shape index (κ2) is 8.27. The molecule has 1 aliphatic rings. The molecule has 2 heterocycles. The van der Waals surface area contributed by atoms with Crippen molar-refractivity contribution in [2.75, 3.05) is 18.5 Å². The van der Waals surface area contributed by atoms with Crippen molar-refractivity contribution >= 4 is 16.9 Å². The minimum Gasteiger partial charge on any atom is -0.381 e. The van der Waals surface area contributed by atoms with Gasteiger partial charge >= 0.3 is 0 Å². The van der Waals surface area contributed by atoms with Gasteiger partial charge in [0, 0.05) is 12.6 Å². The first-order valence-electron chi connectivity index (χ1n) is 9.41. The van der Waals surface area contributed by atoms with Gasteiger partial charge in [-0.15, -0.1) is 0 Å². The van der Waals surface area contributed by atoms with Crippen LogP contribution < -0.4 is 5.32 Å². The lowest BCUT2D eigenvalue weighted by Gasteiger charge is -2.29. The highest BCUT2D eigenvalue weighted by Crippen LogP contribution is 2.28. The third-order valence-corrected chi connectivity index (χ3v) is 5.17. The minimum atomic E-state index is 0.462. The van der Waals surface area contributed by atoms with E-state index >= 15 is 0 Å². The zero-order valence-electron chi connectivity index (χ0n) is 14.9. The molecule has 136 valence electrons. The van der Waals surface area contributed by atoms with E-state index in [0.717, 1.165) is 49.3 Å². The van der Waals surface area contributed by atoms with Gasteiger partial charge in [0.25, 0.3) is 0 Å². The fourth-order valence-corrected chi connectivity index (χ4v) is 3.63. The summed E-state index contributed by atoms with van der Waals surface area (Å²) in [4.78, 5) is 8.56. The van der Waals surface area contributed by atoms with Crippen molar-refractivity contribution in [2.24, 2.45) is 5.92 Å². The molecule has 26 heavy (non-hydrogen) atoms. The number of nitrogens with zero attached hydrogens (tertiary/aromatic N) is 3. The fraction of sp³-hybridized carbons (Fsp3) is 0.450. The molecule has 3 aromatic rings. The molecule has 1 saturated carbocycles. The number of benzene rings is 1. The quantitative estimate of drug-likeness (QED) is 0.636. The van der Waals surface area contributed by atoms with Gasteiger partial charge in [-0.25, -0.2) is 9.97 Å². The molecule has 0 saturated heterocycles. The summed E-state index contributed by atoms with van der Waals surface area (Å²) in [5.74, 6) is 1.55. The Morgan fingerprint density at radius 1 is 1.08 bits per heavy atom. The lowest BCUT2D eigenvalue weighted by molar-refractivity contribution is 0.0860. The molecule has 0 atom stereocenters. The average Bonchev–Trinajstić information content (AvgIpc) is 3.17. The lowest BCUT2D eigenvalue weighted by Crippen LogP contribution is -2.28. The molecule has 0 radical (unpaired) electrons. The molecule has 2 N–H and O–H groups in total. The molecule has 6 heteroatoms. The molecule has 0 aliphatic heterocycles. The highest BCUT2D eigenvalue weighted by molar-refractivity contribution is 5.85. The van der Waals surface area contributed by atoms with Crippen LogP contribution in [0, 0.1) is 5.92 Å². The minimum absolute atomic E-state index is 0.462. The van der Waals surface area contributed by atoms with Gasteiger partial charge in [0.1, 0.15) is 12.1 Å². The molecule has 1 fully saturated rings. The summed E-state index contributed by atoms with van der Waals surface area (Å²) < 4.78 is 5.92. The Kier molecular flexibility index (Phi) is 5.40. The zero-order chi connectivity index (χ0) is 17.6. The molecule has 2 aromatic heterocycles. The van der Waals surface area contributed by atoms with Crippen LogP contribution in [0.15, 0.2) is 42.9 Å². The van der Waals surface area contributed by atoms with Crippen LogP contribution in [-0.4, -0.2) is 39.4 Å². The third-order valence-electron chi connectivity index (χ3n) is 5.17. The average molecular weight is 351 g/mol. The molecule has 0 amide bonds. The van der Waals surface area contributed by atoms with Crippen molar-refractivity contribution in [1.29, 1.82) is 0 Å². The van der Waals surface area contributed by atoms with Crippen LogP contribution in [0.3, 0.4) is 0 Å². The number of aromatic amines is 1. The van der Waals surface area contributed by atoms with E-state index in [2.05, 4.69) is 55.8 Å². The maximum Gasteiger partial charge on any atom is 0.160 e. The number of hydrogen-bond acceptors (Lipinski definition) is 5. The Hall–Kier alpha value is -2.47. The van der Waals surface area contributed by atoms with Gasteiger partial charge in [-0.1, -0.05) is 30.3 Å². The molecule has 0 bridgehead atoms. The third kappa shape index (κ3) is 4.19. The van der Waals surface area contributed by atoms with Crippen LogP contribution in [0.2, 0.25) is 0 Å². The molecule has 4 rings (SSSR count). The van der Waals surface area contributed by atoms with E-state index < -0.39 is 0 Å². The van der Waals surface area contributed by atoms with Crippen LogP contribution in [0.1, 0.15) is 31.2 Å².